The van der Waals surface area contributed by atoms with Crippen molar-refractivity contribution >= 4 is 49.8 Å². The van der Waals surface area contributed by atoms with Crippen LogP contribution in [-0.4, -0.2) is 30.7 Å². The van der Waals surface area contributed by atoms with Crippen molar-refractivity contribution in [3.05, 3.63) is 58.4 Å². The van der Waals surface area contributed by atoms with Gasteiger partial charge in [0.2, 0.25) is 0 Å². The Kier molecular flexibility index (Phi) is 9.68. The van der Waals surface area contributed by atoms with Gasteiger partial charge in [0.05, 0.1) is 6.54 Å². The highest BCUT2D eigenvalue weighted by Gasteiger charge is 2.24. The first-order valence-corrected chi connectivity index (χ1v) is 11.7. The van der Waals surface area contributed by atoms with Crippen molar-refractivity contribution in [2.75, 3.05) is 24.5 Å². The lowest BCUT2D eigenvalue weighted by Gasteiger charge is -2.24. The Morgan fingerprint density at radius 3 is 2.70 bits per heavy atom. The summed E-state index contributed by atoms with van der Waals surface area (Å²) in [7, 11) is 1.47. The summed E-state index contributed by atoms with van der Waals surface area (Å²) in [5.74, 6) is -0.355. The molecule has 1 N–H and O–H groups in total. The first kappa shape index (κ1) is 24.2. The van der Waals surface area contributed by atoms with Gasteiger partial charge in [0.1, 0.15) is 24.3 Å². The van der Waals surface area contributed by atoms with Crippen LogP contribution in [0.1, 0.15) is 26.7 Å². The number of carbonyl (C=O) groups excluding carboxylic acids is 1. The zero-order valence-corrected chi connectivity index (χ0v) is 19.7. The van der Waals surface area contributed by atoms with Crippen LogP contribution >= 0.6 is 15.9 Å². The van der Waals surface area contributed by atoms with Crippen molar-refractivity contribution in [3.8, 4) is 5.75 Å². The molecule has 0 spiro atoms. The summed E-state index contributed by atoms with van der Waals surface area (Å²) in [6.07, 6.45) is 8.61. The van der Waals surface area contributed by atoms with E-state index in [1.807, 2.05) is 19.9 Å². The third kappa shape index (κ3) is 5.77. The van der Waals surface area contributed by atoms with Gasteiger partial charge in [0.25, 0.3) is 0 Å². The second kappa shape index (κ2) is 12.0. The van der Waals surface area contributed by atoms with Gasteiger partial charge in [0.15, 0.2) is 17.0 Å². The van der Waals surface area contributed by atoms with Crippen LogP contribution in [0.4, 0.5) is 10.1 Å². The number of rotatable bonds is 8. The van der Waals surface area contributed by atoms with Crippen molar-refractivity contribution < 1.29 is 18.1 Å². The van der Waals surface area contributed by atoms with E-state index in [-0.39, 0.29) is 24.6 Å². The number of carbonyl (C=O) groups is 1. The van der Waals surface area contributed by atoms with Crippen molar-refractivity contribution in [3.63, 3.8) is 0 Å². The Hall–Kier alpha value is -2.03. The van der Waals surface area contributed by atoms with E-state index in [2.05, 4.69) is 32.8 Å². The van der Waals surface area contributed by atoms with E-state index in [1.165, 1.54) is 7.05 Å². The molecule has 0 saturated carbocycles. The molecule has 5 nitrogen and oxygen atoms in total. The van der Waals surface area contributed by atoms with Gasteiger partial charge < -0.3 is 9.53 Å². The number of nitrogens with one attached hydrogen (secondary N) is 1. The molecular weight excluding hydrogens is 471 g/mol. The fourth-order valence-electron chi connectivity index (χ4n) is 3.00. The van der Waals surface area contributed by atoms with E-state index in [4.69, 9.17) is 4.74 Å². The van der Waals surface area contributed by atoms with Crippen molar-refractivity contribution in [2.24, 2.45) is 0 Å². The minimum atomic E-state index is -1.80. The van der Waals surface area contributed by atoms with Crippen LogP contribution in [0.5, 0.6) is 5.75 Å². The minimum absolute atomic E-state index is 0.00463. The number of nitrogens with zero attached hydrogens (tertiary/aromatic N) is 1. The predicted molar refractivity (Wildman–Crippen MR) is 126 cm³/mol. The molecule has 0 fully saturated rings. The van der Waals surface area contributed by atoms with Gasteiger partial charge in [-0.05, 0) is 49.0 Å². The van der Waals surface area contributed by atoms with Gasteiger partial charge in [-0.2, -0.15) is 0 Å². The Morgan fingerprint density at radius 2 is 2.07 bits per heavy atom. The van der Waals surface area contributed by atoms with E-state index in [0.29, 0.717) is 17.1 Å². The fourth-order valence-corrected chi connectivity index (χ4v) is 4.13. The number of hydrogen-bond donors (Lipinski definition) is 1. The van der Waals surface area contributed by atoms with Crippen LogP contribution < -0.4 is 13.8 Å². The monoisotopic (exact) mass is 496 g/mol. The Labute approximate surface area is 187 Å². The molecule has 1 unspecified atom stereocenters. The number of ether oxygens (including phenoxy) is 1. The van der Waals surface area contributed by atoms with Gasteiger partial charge in [0, 0.05) is 9.86 Å². The summed E-state index contributed by atoms with van der Waals surface area (Å²) in [4.78, 5) is 11.2. The van der Waals surface area contributed by atoms with Crippen molar-refractivity contribution in [1.82, 2.24) is 4.72 Å². The van der Waals surface area contributed by atoms with Crippen molar-refractivity contribution in [2.45, 2.75) is 26.7 Å². The number of allylic oxidation sites excluding steroid dienone is 2. The summed E-state index contributed by atoms with van der Waals surface area (Å²) < 4.78 is 38.3. The van der Waals surface area contributed by atoms with Crippen LogP contribution in [0.25, 0.3) is 10.8 Å². The normalized spacial score (nSPS) is 13.8. The molecule has 3 rings (SSSR count). The number of anilines is 1. The smallest absolute Gasteiger partial charge is 0.196 e. The first-order chi connectivity index (χ1) is 14.5. The fraction of sp³-hybridized carbons (Fsp3) is 0.318. The van der Waals surface area contributed by atoms with Crippen LogP contribution in [0, 0.1) is 5.82 Å². The molecule has 30 heavy (non-hydrogen) atoms. The Bertz CT molecular complexity index is 978. The highest BCUT2D eigenvalue weighted by Crippen LogP contribution is 2.38. The molecule has 1 aliphatic carbocycles. The largest absolute Gasteiger partial charge is 0.487 e. The topological polar surface area (TPSA) is 58.6 Å². The standard InChI is InChI=1S/C20H20BrFN2O3S.C2H6/c1-23-28(26)24(9-10-25)20-18(27-13-14-5-3-2-4-6-14)12-15-11-16(21)7-8-17(15)19(20)22;1-2/h3,5-8,10-12,23H,2,4,9,13H2,1H3;1-2H3. The molecule has 8 heteroatoms. The molecule has 1 atom stereocenters. The van der Waals surface area contributed by atoms with Gasteiger partial charge >= 0.3 is 0 Å². The first-order valence-electron chi connectivity index (χ1n) is 9.75. The summed E-state index contributed by atoms with van der Waals surface area (Å²) in [5.41, 5.74) is 0.985. The van der Waals surface area contributed by atoms with Gasteiger partial charge in [-0.1, -0.05) is 54.1 Å². The quantitative estimate of drug-likeness (QED) is 0.509. The second-order valence-corrected chi connectivity index (χ2v) is 8.39. The number of halogens is 2. The molecule has 0 amide bonds. The van der Waals surface area contributed by atoms with Crippen molar-refractivity contribution in [1.29, 1.82) is 0 Å². The minimum Gasteiger partial charge on any atom is -0.487 e. The summed E-state index contributed by atoms with van der Waals surface area (Å²) in [5, 5.41) is 0.992. The average Bonchev–Trinajstić information content (AvgIpc) is 2.78. The Balaban J connectivity index is 0.00000155. The van der Waals surface area contributed by atoms with Gasteiger partial charge in [-0.3, -0.25) is 4.31 Å². The molecule has 2 aromatic carbocycles. The molecule has 0 saturated heterocycles. The second-order valence-electron chi connectivity index (χ2n) is 6.13. The lowest BCUT2D eigenvalue weighted by Crippen LogP contribution is -2.35. The van der Waals surface area contributed by atoms with E-state index in [1.54, 1.807) is 24.3 Å². The SMILES string of the molecule is CC.CNS(=O)N(CC=O)c1c(OCC2=CCCC=C2)cc2cc(Br)ccc2c1F. The molecule has 0 aromatic heterocycles. The van der Waals surface area contributed by atoms with Crippen LogP contribution in [0.2, 0.25) is 0 Å². The van der Waals surface area contributed by atoms with Crippen LogP contribution in [-0.2, 0) is 16.0 Å². The molecular formula is C22H26BrFN2O3S. The molecule has 0 bridgehead atoms. The number of aldehydes is 1. The maximum atomic E-state index is 15.5. The third-order valence-electron chi connectivity index (χ3n) is 4.31. The van der Waals surface area contributed by atoms with E-state index >= 15 is 4.39 Å². The third-order valence-corrected chi connectivity index (χ3v) is 5.88. The maximum absolute atomic E-state index is 15.5. The number of benzene rings is 2. The predicted octanol–water partition coefficient (Wildman–Crippen LogP) is 5.23. The number of fused-ring (bicyclic) bond motifs is 1. The maximum Gasteiger partial charge on any atom is 0.196 e. The Morgan fingerprint density at radius 1 is 1.30 bits per heavy atom. The van der Waals surface area contributed by atoms with E-state index in [9.17, 15) is 9.00 Å². The van der Waals surface area contributed by atoms with Crippen LogP contribution in [0.3, 0.4) is 0 Å². The average molecular weight is 497 g/mol. The zero-order valence-electron chi connectivity index (χ0n) is 17.3. The summed E-state index contributed by atoms with van der Waals surface area (Å²) in [6, 6.07) is 6.85. The molecule has 0 radical (unpaired) electrons. The zero-order chi connectivity index (χ0) is 22.1. The highest BCUT2D eigenvalue weighted by molar-refractivity contribution is 9.10. The molecule has 0 heterocycles. The van der Waals surface area contributed by atoms with E-state index in [0.717, 1.165) is 27.2 Å². The lowest BCUT2D eigenvalue weighted by molar-refractivity contribution is -0.106. The highest BCUT2D eigenvalue weighted by atomic mass is 79.9. The molecule has 0 aliphatic heterocycles. The summed E-state index contributed by atoms with van der Waals surface area (Å²) >= 11 is 1.60. The van der Waals surface area contributed by atoms with Crippen LogP contribution in [0.15, 0.2) is 52.5 Å². The van der Waals surface area contributed by atoms with E-state index < -0.39 is 17.0 Å². The van der Waals surface area contributed by atoms with Gasteiger partial charge in [-0.25, -0.2) is 13.3 Å². The summed E-state index contributed by atoms with van der Waals surface area (Å²) in [6.45, 7) is 4.01. The molecule has 2 aromatic rings. The molecule has 1 aliphatic rings. The number of hydrogen-bond acceptors (Lipinski definition) is 3. The lowest BCUT2D eigenvalue weighted by atomic mass is 10.1. The van der Waals surface area contributed by atoms with Gasteiger partial charge in [-0.15, -0.1) is 0 Å². The molecule has 162 valence electrons.